The molecule has 0 radical (unpaired) electrons. The normalized spacial score (nSPS) is 15.8. The van der Waals surface area contributed by atoms with Gasteiger partial charge in [-0.05, 0) is 24.7 Å². The minimum atomic E-state index is -4.38. The van der Waals surface area contributed by atoms with Crippen LogP contribution in [0.1, 0.15) is 30.3 Å². The number of rotatable bonds is 3. The van der Waals surface area contributed by atoms with Crippen LogP contribution in [-0.2, 0) is 6.18 Å². The van der Waals surface area contributed by atoms with Crippen LogP contribution in [0.25, 0.3) is 15.9 Å². The van der Waals surface area contributed by atoms with Gasteiger partial charge in [0.15, 0.2) is 5.65 Å². The van der Waals surface area contributed by atoms with E-state index in [1.807, 2.05) is 0 Å². The molecule has 0 atom stereocenters. The van der Waals surface area contributed by atoms with Crippen molar-refractivity contribution >= 4 is 39.0 Å². The number of aromatic nitrogens is 2. The molecule has 0 fully saturated rings. The summed E-state index contributed by atoms with van der Waals surface area (Å²) in [5, 5.41) is 0.744. The summed E-state index contributed by atoms with van der Waals surface area (Å²) in [5.41, 5.74) is 0.668. The summed E-state index contributed by atoms with van der Waals surface area (Å²) in [6.07, 6.45) is 2.68. The van der Waals surface area contributed by atoms with Crippen molar-refractivity contribution in [2.75, 3.05) is 5.75 Å². The molecule has 22 heavy (non-hydrogen) atoms. The van der Waals surface area contributed by atoms with E-state index >= 15 is 0 Å². The third kappa shape index (κ3) is 3.05. The Bertz CT molecular complexity index is 760. The first-order valence-corrected chi connectivity index (χ1v) is 8.67. The molecule has 116 valence electrons. The third-order valence-electron chi connectivity index (χ3n) is 3.21. The lowest BCUT2D eigenvalue weighted by Crippen LogP contribution is -2.04. The lowest BCUT2D eigenvalue weighted by Gasteiger charge is -2.12. The summed E-state index contributed by atoms with van der Waals surface area (Å²) >= 11 is 3.00. The minimum absolute atomic E-state index is 0.375. The molecule has 0 aromatic carbocycles. The molecule has 0 saturated heterocycles. The number of allylic oxidation sites excluding steroid dienone is 3. The molecule has 2 aromatic rings. The molecule has 2 nitrogen and oxygen atoms in total. The molecule has 2 aromatic heterocycles. The molecule has 1 aliphatic rings. The third-order valence-corrected chi connectivity index (χ3v) is 5.23. The fourth-order valence-electron chi connectivity index (χ4n) is 2.23. The van der Waals surface area contributed by atoms with Crippen molar-refractivity contribution in [2.45, 2.75) is 25.9 Å². The zero-order valence-corrected chi connectivity index (χ0v) is 13.4. The van der Waals surface area contributed by atoms with Gasteiger partial charge in [-0.2, -0.15) is 13.2 Å². The van der Waals surface area contributed by atoms with E-state index in [0.29, 0.717) is 10.3 Å². The van der Waals surface area contributed by atoms with Crippen molar-refractivity contribution in [1.29, 1.82) is 0 Å². The lowest BCUT2D eigenvalue weighted by atomic mass is 10.1. The summed E-state index contributed by atoms with van der Waals surface area (Å²) in [5.74, 6) is 0.949. The molecule has 0 aliphatic heterocycles. The van der Waals surface area contributed by atoms with Crippen LogP contribution in [0.2, 0.25) is 0 Å². The van der Waals surface area contributed by atoms with Gasteiger partial charge in [0.2, 0.25) is 0 Å². The first kappa shape index (κ1) is 15.6. The Morgan fingerprint density at radius 2 is 2.05 bits per heavy atom. The van der Waals surface area contributed by atoms with Crippen molar-refractivity contribution in [1.82, 2.24) is 9.97 Å². The molecular weight excluding hydrogens is 329 g/mol. The standard InChI is InChI=1S/C15H13F3N2S2/c1-2-21-11-6-4-3-5-10(11)14-20-13-12(22-14)7-9(8-19-13)15(16,17)18/h5-8H,2-4H2,1H3. The second kappa shape index (κ2) is 6.04. The molecule has 0 spiro atoms. The highest BCUT2D eigenvalue weighted by Crippen LogP contribution is 2.39. The second-order valence-electron chi connectivity index (χ2n) is 4.76. The first-order chi connectivity index (χ1) is 10.5. The number of hydrogen-bond donors (Lipinski definition) is 0. The van der Waals surface area contributed by atoms with Crippen LogP contribution in [0.5, 0.6) is 0 Å². The smallest absolute Gasteiger partial charge is 0.235 e. The van der Waals surface area contributed by atoms with Crippen molar-refractivity contribution in [3.05, 3.63) is 39.9 Å². The second-order valence-corrected chi connectivity index (χ2v) is 7.10. The van der Waals surface area contributed by atoms with Crippen molar-refractivity contribution in [3.8, 4) is 0 Å². The monoisotopic (exact) mass is 342 g/mol. The van der Waals surface area contributed by atoms with E-state index < -0.39 is 11.7 Å². The fourth-order valence-corrected chi connectivity index (χ4v) is 4.19. The predicted molar refractivity (Wildman–Crippen MR) is 85.8 cm³/mol. The van der Waals surface area contributed by atoms with Crippen molar-refractivity contribution in [2.24, 2.45) is 0 Å². The highest BCUT2D eigenvalue weighted by Gasteiger charge is 2.31. The number of halogens is 3. The molecule has 0 unspecified atom stereocenters. The Labute approximate surface area is 134 Å². The Kier molecular flexibility index (Phi) is 4.27. The molecule has 1 aliphatic carbocycles. The van der Waals surface area contributed by atoms with Gasteiger partial charge in [0.05, 0.1) is 10.3 Å². The van der Waals surface area contributed by atoms with Gasteiger partial charge in [0.1, 0.15) is 5.01 Å². The summed E-state index contributed by atoms with van der Waals surface area (Å²) in [4.78, 5) is 9.43. The maximum absolute atomic E-state index is 12.8. The van der Waals surface area contributed by atoms with E-state index in [4.69, 9.17) is 0 Å². The Hall–Kier alpha value is -1.34. The number of alkyl halides is 3. The zero-order chi connectivity index (χ0) is 15.7. The van der Waals surface area contributed by atoms with Gasteiger partial charge < -0.3 is 0 Å². The topological polar surface area (TPSA) is 25.8 Å². The van der Waals surface area contributed by atoms with Gasteiger partial charge in [0, 0.05) is 16.7 Å². The molecule has 7 heteroatoms. The molecule has 0 amide bonds. The van der Waals surface area contributed by atoms with E-state index in [2.05, 4.69) is 29.0 Å². The molecule has 2 heterocycles. The number of thiazole rings is 1. The van der Waals surface area contributed by atoms with Crippen molar-refractivity contribution < 1.29 is 13.2 Å². The highest BCUT2D eigenvalue weighted by molar-refractivity contribution is 8.03. The summed E-state index contributed by atoms with van der Waals surface area (Å²) in [6.45, 7) is 2.08. The summed E-state index contributed by atoms with van der Waals surface area (Å²) in [6, 6.07) is 1.13. The average molecular weight is 342 g/mol. The van der Waals surface area contributed by atoms with Crippen LogP contribution in [0, 0.1) is 0 Å². The number of fused-ring (bicyclic) bond motifs is 1. The van der Waals surface area contributed by atoms with Gasteiger partial charge in [-0.1, -0.05) is 19.1 Å². The van der Waals surface area contributed by atoms with Gasteiger partial charge >= 0.3 is 6.18 Å². The lowest BCUT2D eigenvalue weighted by molar-refractivity contribution is -0.137. The summed E-state index contributed by atoms with van der Waals surface area (Å²) in [7, 11) is 0. The number of thioether (sulfide) groups is 1. The molecular formula is C15H13F3N2S2. The van der Waals surface area contributed by atoms with E-state index in [1.165, 1.54) is 11.3 Å². The Morgan fingerprint density at radius 3 is 2.77 bits per heavy atom. The van der Waals surface area contributed by atoms with Crippen LogP contribution in [0.15, 0.2) is 29.3 Å². The van der Waals surface area contributed by atoms with Crippen LogP contribution < -0.4 is 0 Å². The highest BCUT2D eigenvalue weighted by atomic mass is 32.2. The average Bonchev–Trinajstić information content (AvgIpc) is 2.90. The van der Waals surface area contributed by atoms with Gasteiger partial charge in [-0.15, -0.1) is 23.1 Å². The van der Waals surface area contributed by atoms with Crippen LogP contribution in [0.4, 0.5) is 13.2 Å². The SMILES string of the molecule is CCSC1=CCCC=C1c1nc2ncc(C(F)(F)F)cc2s1. The van der Waals surface area contributed by atoms with Crippen LogP contribution in [0.3, 0.4) is 0 Å². The van der Waals surface area contributed by atoms with E-state index in [-0.39, 0.29) is 0 Å². The molecule has 3 rings (SSSR count). The molecule has 0 N–H and O–H groups in total. The van der Waals surface area contributed by atoms with Gasteiger partial charge in [-0.3, -0.25) is 0 Å². The van der Waals surface area contributed by atoms with E-state index in [1.54, 1.807) is 11.8 Å². The maximum atomic E-state index is 12.8. The van der Waals surface area contributed by atoms with E-state index in [9.17, 15) is 13.2 Å². The number of nitrogens with zero attached hydrogens (tertiary/aromatic N) is 2. The number of hydrogen-bond acceptors (Lipinski definition) is 4. The van der Waals surface area contributed by atoms with Crippen LogP contribution >= 0.6 is 23.1 Å². The predicted octanol–water partition coefficient (Wildman–Crippen LogP) is 5.52. The quantitative estimate of drug-likeness (QED) is 0.734. The van der Waals surface area contributed by atoms with Gasteiger partial charge in [-0.25, -0.2) is 9.97 Å². The van der Waals surface area contributed by atoms with Crippen LogP contribution in [-0.4, -0.2) is 15.7 Å². The maximum Gasteiger partial charge on any atom is 0.417 e. The zero-order valence-electron chi connectivity index (χ0n) is 11.8. The largest absolute Gasteiger partial charge is 0.417 e. The minimum Gasteiger partial charge on any atom is -0.235 e. The number of pyridine rings is 1. The Morgan fingerprint density at radius 1 is 1.27 bits per heavy atom. The Balaban J connectivity index is 2.02. The first-order valence-electron chi connectivity index (χ1n) is 6.86. The molecule has 0 bridgehead atoms. The van der Waals surface area contributed by atoms with E-state index in [0.717, 1.165) is 46.3 Å². The molecule has 0 saturated carbocycles. The van der Waals surface area contributed by atoms with Gasteiger partial charge in [0.25, 0.3) is 0 Å². The fraction of sp³-hybridized carbons (Fsp3) is 0.333. The summed E-state index contributed by atoms with van der Waals surface area (Å²) < 4.78 is 38.7. The van der Waals surface area contributed by atoms with Crippen molar-refractivity contribution in [3.63, 3.8) is 0 Å².